The van der Waals surface area contributed by atoms with Crippen molar-refractivity contribution in [3.63, 3.8) is 0 Å². The molecule has 1 aliphatic rings. The van der Waals surface area contributed by atoms with Crippen molar-refractivity contribution in [3.05, 3.63) is 70.2 Å². The minimum Gasteiger partial charge on any atom is -0.383 e. The van der Waals surface area contributed by atoms with Crippen LogP contribution in [0.15, 0.2) is 48.5 Å². The first-order chi connectivity index (χ1) is 18.5. The lowest BCUT2D eigenvalue weighted by atomic mass is 10.0. The molecule has 1 fully saturated rings. The van der Waals surface area contributed by atoms with Gasteiger partial charge in [-0.2, -0.15) is 13.2 Å². The van der Waals surface area contributed by atoms with Gasteiger partial charge in [-0.3, -0.25) is 14.6 Å². The first kappa shape index (κ1) is 30.2. The van der Waals surface area contributed by atoms with Gasteiger partial charge in [-0.15, -0.1) is 0 Å². The molecule has 2 aromatic rings. The maximum absolute atomic E-state index is 13.3. The van der Waals surface area contributed by atoms with Crippen LogP contribution < -0.4 is 10.7 Å². The van der Waals surface area contributed by atoms with E-state index < -0.39 is 42.2 Å². The highest BCUT2D eigenvalue weighted by Crippen LogP contribution is 2.31. The van der Waals surface area contributed by atoms with Crippen LogP contribution in [0, 0.1) is 0 Å². The summed E-state index contributed by atoms with van der Waals surface area (Å²) in [6.07, 6.45) is -3.85. The summed E-state index contributed by atoms with van der Waals surface area (Å²) < 4.78 is 45.1. The van der Waals surface area contributed by atoms with Gasteiger partial charge in [0.15, 0.2) is 0 Å². The normalized spacial score (nSPS) is 13.8. The Morgan fingerprint density at radius 3 is 2.38 bits per heavy atom. The van der Waals surface area contributed by atoms with Crippen molar-refractivity contribution in [2.75, 3.05) is 46.9 Å². The predicted octanol–water partition coefficient (Wildman–Crippen LogP) is 3.45. The fraction of sp³-hybridized carbons (Fsp3) is 0.423. The molecule has 0 aliphatic carbocycles. The lowest BCUT2D eigenvalue weighted by Gasteiger charge is -2.35. The molecule has 1 heterocycles. The lowest BCUT2D eigenvalue weighted by molar-refractivity contribution is -0.140. The molecule has 0 spiro atoms. The van der Waals surface area contributed by atoms with Gasteiger partial charge in [0, 0.05) is 45.4 Å². The molecule has 9 nitrogen and oxygen atoms in total. The van der Waals surface area contributed by atoms with Crippen LogP contribution in [0.2, 0.25) is 5.02 Å². The highest BCUT2D eigenvalue weighted by molar-refractivity contribution is 6.30. The quantitative estimate of drug-likeness (QED) is 0.404. The minimum atomic E-state index is -4.62. The summed E-state index contributed by atoms with van der Waals surface area (Å²) >= 11 is 5.95. The second-order valence-corrected chi connectivity index (χ2v) is 9.37. The van der Waals surface area contributed by atoms with E-state index in [1.165, 1.54) is 36.1 Å². The number of carbonyl (C=O) groups excluding carboxylic acids is 3. The van der Waals surface area contributed by atoms with Crippen molar-refractivity contribution in [3.8, 4) is 0 Å². The van der Waals surface area contributed by atoms with Crippen molar-refractivity contribution in [1.29, 1.82) is 0 Å². The number of methoxy groups -OCH3 is 1. The number of nitrogens with one attached hydrogen (secondary N) is 2. The summed E-state index contributed by atoms with van der Waals surface area (Å²) in [7, 11) is 2.95. The Morgan fingerprint density at radius 2 is 1.82 bits per heavy atom. The number of rotatable bonds is 11. The number of amides is 4. The van der Waals surface area contributed by atoms with Gasteiger partial charge in [0.25, 0.3) is 0 Å². The number of benzene rings is 2. The molecule has 13 heteroatoms. The fourth-order valence-electron chi connectivity index (χ4n) is 3.92. The van der Waals surface area contributed by atoms with E-state index in [0.717, 1.165) is 29.1 Å². The second-order valence-electron chi connectivity index (χ2n) is 8.94. The van der Waals surface area contributed by atoms with Crippen molar-refractivity contribution in [2.45, 2.75) is 25.2 Å². The van der Waals surface area contributed by atoms with Crippen molar-refractivity contribution in [2.24, 2.45) is 0 Å². The third-order valence-electron chi connectivity index (χ3n) is 6.19. The third kappa shape index (κ3) is 8.32. The topological polar surface area (TPSA) is 94.2 Å². The summed E-state index contributed by atoms with van der Waals surface area (Å²) in [6, 6.07) is 9.35. The van der Waals surface area contributed by atoms with Crippen molar-refractivity contribution in [1.82, 2.24) is 25.6 Å². The second kappa shape index (κ2) is 13.6. The minimum absolute atomic E-state index is 0.00173. The molecule has 1 unspecified atom stereocenters. The van der Waals surface area contributed by atoms with Gasteiger partial charge in [-0.05, 0) is 41.8 Å². The zero-order valence-corrected chi connectivity index (χ0v) is 22.4. The van der Waals surface area contributed by atoms with Crippen LogP contribution in [0.1, 0.15) is 29.2 Å². The SMILES string of the molecule is CNN(CC(=O)NC(C(=O)N1CCC1)c1cccc(C(F)(F)F)c1)C(=O)N(CCOC)Cc1ccc(Cl)cc1. The number of ether oxygens (including phenoxy) is 1. The van der Waals surface area contributed by atoms with Crippen LogP contribution in [-0.4, -0.2) is 79.6 Å². The van der Waals surface area contributed by atoms with Crippen molar-refractivity contribution < 1.29 is 32.3 Å². The molecule has 4 amide bonds. The van der Waals surface area contributed by atoms with E-state index in [2.05, 4.69) is 10.7 Å². The standard InChI is InChI=1S/C26H31ClF3N5O4/c1-31-35(25(38)34(13-14-39-2)16-18-7-9-21(27)10-8-18)17-22(36)32-23(24(37)33-11-4-12-33)19-5-3-6-20(15-19)26(28,29)30/h3,5-10,15,23,31H,4,11-14,16-17H2,1-2H3,(H,32,36). The number of alkyl halides is 3. The van der Waals surface area contributed by atoms with Crippen LogP contribution in [0.5, 0.6) is 0 Å². The highest BCUT2D eigenvalue weighted by Gasteiger charge is 2.35. The summed E-state index contributed by atoms with van der Waals surface area (Å²) in [5.41, 5.74) is 2.55. The average Bonchev–Trinajstić information content (AvgIpc) is 2.87. The molecule has 0 bridgehead atoms. The molecule has 1 saturated heterocycles. The molecule has 1 atom stereocenters. The van der Waals surface area contributed by atoms with Crippen LogP contribution in [0.3, 0.4) is 0 Å². The van der Waals surface area contributed by atoms with E-state index in [1.807, 2.05) is 0 Å². The number of carbonyl (C=O) groups is 3. The Labute approximate surface area is 229 Å². The van der Waals surface area contributed by atoms with Gasteiger partial charge in [-0.25, -0.2) is 10.2 Å². The zero-order valence-electron chi connectivity index (χ0n) is 21.6. The molecule has 2 aromatic carbocycles. The molecule has 0 radical (unpaired) electrons. The lowest BCUT2D eigenvalue weighted by Crippen LogP contribution is -2.54. The zero-order chi connectivity index (χ0) is 28.6. The van der Waals surface area contributed by atoms with Crippen LogP contribution in [0.4, 0.5) is 18.0 Å². The fourth-order valence-corrected chi connectivity index (χ4v) is 4.04. The Balaban J connectivity index is 1.76. The van der Waals surface area contributed by atoms with Gasteiger partial charge in [0.2, 0.25) is 11.8 Å². The summed E-state index contributed by atoms with van der Waals surface area (Å²) in [5.74, 6) is -1.24. The van der Waals surface area contributed by atoms with Gasteiger partial charge >= 0.3 is 12.2 Å². The predicted molar refractivity (Wildman–Crippen MR) is 138 cm³/mol. The first-order valence-electron chi connectivity index (χ1n) is 12.3. The summed E-state index contributed by atoms with van der Waals surface area (Å²) in [6.45, 7) is 1.07. The van der Waals surface area contributed by atoms with E-state index in [0.29, 0.717) is 18.1 Å². The van der Waals surface area contributed by atoms with Crippen molar-refractivity contribution >= 4 is 29.4 Å². The molecule has 1 aliphatic heterocycles. The van der Waals surface area contributed by atoms with E-state index in [4.69, 9.17) is 16.3 Å². The molecule has 0 aromatic heterocycles. The van der Waals surface area contributed by atoms with Gasteiger partial charge in [-0.1, -0.05) is 35.9 Å². The Hall–Kier alpha value is -3.35. The largest absolute Gasteiger partial charge is 0.416 e. The molecule has 2 N–H and O–H groups in total. The number of hydrogen-bond donors (Lipinski definition) is 2. The Morgan fingerprint density at radius 1 is 1.13 bits per heavy atom. The molecule has 3 rings (SSSR count). The van der Waals surface area contributed by atoms with E-state index in [-0.39, 0.29) is 25.3 Å². The Kier molecular flexibility index (Phi) is 10.6. The monoisotopic (exact) mass is 569 g/mol. The van der Waals surface area contributed by atoms with E-state index in [1.54, 1.807) is 24.3 Å². The highest BCUT2D eigenvalue weighted by atomic mass is 35.5. The van der Waals surface area contributed by atoms with E-state index >= 15 is 0 Å². The number of nitrogens with zero attached hydrogens (tertiary/aromatic N) is 3. The first-order valence-corrected chi connectivity index (χ1v) is 12.6. The average molecular weight is 570 g/mol. The smallest absolute Gasteiger partial charge is 0.383 e. The molecular formula is C26H31ClF3N5O4. The molecule has 0 saturated carbocycles. The van der Waals surface area contributed by atoms with Crippen LogP contribution >= 0.6 is 11.6 Å². The number of halogens is 4. The van der Waals surface area contributed by atoms with Crippen LogP contribution in [-0.2, 0) is 27.0 Å². The van der Waals surface area contributed by atoms with Gasteiger partial charge in [0.1, 0.15) is 12.6 Å². The number of urea groups is 1. The number of hydrazine groups is 1. The number of likely N-dealkylation sites (tertiary alicyclic amines) is 1. The Bertz CT molecular complexity index is 1150. The molecule has 212 valence electrons. The van der Waals surface area contributed by atoms with Gasteiger partial charge in [0.05, 0.1) is 12.2 Å². The summed E-state index contributed by atoms with van der Waals surface area (Å²) in [5, 5.41) is 4.13. The maximum Gasteiger partial charge on any atom is 0.416 e. The maximum atomic E-state index is 13.3. The van der Waals surface area contributed by atoms with Crippen LogP contribution in [0.25, 0.3) is 0 Å². The molecule has 39 heavy (non-hydrogen) atoms. The third-order valence-corrected chi connectivity index (χ3v) is 6.44. The summed E-state index contributed by atoms with van der Waals surface area (Å²) in [4.78, 5) is 42.4. The van der Waals surface area contributed by atoms with Gasteiger partial charge < -0.3 is 19.9 Å². The number of hydrogen-bond acceptors (Lipinski definition) is 5. The van der Waals surface area contributed by atoms with E-state index in [9.17, 15) is 27.6 Å². The molecular weight excluding hydrogens is 539 g/mol.